The Balaban J connectivity index is 1.31. The Kier molecular flexibility index (Phi) is 6.14. The van der Waals surface area contributed by atoms with Gasteiger partial charge >= 0.3 is 12.1 Å². The molecule has 194 valence electrons. The number of alkyl halides is 3. The summed E-state index contributed by atoms with van der Waals surface area (Å²) in [6.07, 6.45) is -1.50. The van der Waals surface area contributed by atoms with Crippen molar-refractivity contribution in [2.24, 2.45) is 0 Å². The summed E-state index contributed by atoms with van der Waals surface area (Å²) in [7, 11) is 0. The molecule has 1 aliphatic heterocycles. The zero-order valence-electron chi connectivity index (χ0n) is 19.4. The fourth-order valence-electron chi connectivity index (χ4n) is 4.49. The topological polar surface area (TPSA) is 94.9 Å². The van der Waals surface area contributed by atoms with Crippen LogP contribution in [0.4, 0.5) is 23.2 Å². The van der Waals surface area contributed by atoms with Gasteiger partial charge in [-0.3, -0.25) is 15.0 Å². The van der Waals surface area contributed by atoms with Gasteiger partial charge < -0.3 is 14.6 Å². The Morgan fingerprint density at radius 3 is 2.22 bits per heavy atom. The van der Waals surface area contributed by atoms with E-state index in [4.69, 9.17) is 0 Å². The van der Waals surface area contributed by atoms with E-state index in [1.165, 1.54) is 6.20 Å². The molecule has 5 rings (SSSR count). The third kappa shape index (κ3) is 4.88. The first-order chi connectivity index (χ1) is 17.5. The van der Waals surface area contributed by atoms with Gasteiger partial charge in [-0.2, -0.15) is 13.2 Å². The minimum Gasteiger partial charge on any atom is -0.477 e. The number of nitrogens with one attached hydrogen (secondary N) is 1. The van der Waals surface area contributed by atoms with Crippen LogP contribution in [0.1, 0.15) is 45.2 Å². The largest absolute Gasteiger partial charge is 0.477 e. The summed E-state index contributed by atoms with van der Waals surface area (Å²) >= 11 is 0. The lowest BCUT2D eigenvalue weighted by Gasteiger charge is -2.36. The summed E-state index contributed by atoms with van der Waals surface area (Å²) in [5.74, 6) is -2.57. The van der Waals surface area contributed by atoms with Crippen LogP contribution in [-0.2, 0) is 6.18 Å². The fourth-order valence-corrected chi connectivity index (χ4v) is 4.49. The van der Waals surface area contributed by atoms with E-state index in [1.54, 1.807) is 20.5 Å². The number of halogens is 4. The van der Waals surface area contributed by atoms with E-state index in [1.807, 2.05) is 0 Å². The van der Waals surface area contributed by atoms with Crippen molar-refractivity contribution in [3.63, 3.8) is 0 Å². The van der Waals surface area contributed by atoms with Crippen LogP contribution in [0.5, 0.6) is 0 Å². The Bertz CT molecular complexity index is 1440. The van der Waals surface area contributed by atoms with Crippen LogP contribution in [0, 0.1) is 5.82 Å². The average Bonchev–Trinajstić information content (AvgIpc) is 3.69. The molecule has 1 aromatic heterocycles. The van der Waals surface area contributed by atoms with E-state index >= 15 is 4.39 Å². The maximum atomic E-state index is 15.1. The molecule has 0 spiro atoms. The second-order valence-corrected chi connectivity index (χ2v) is 9.13. The predicted octanol–water partition coefficient (Wildman–Crippen LogP) is 3.66. The highest BCUT2D eigenvalue weighted by atomic mass is 19.4. The number of rotatable bonds is 5. The summed E-state index contributed by atoms with van der Waals surface area (Å²) in [5, 5.41) is 11.0. The van der Waals surface area contributed by atoms with Gasteiger partial charge in [0.2, 0.25) is 5.43 Å². The molecule has 2 aliphatic rings. The number of aromatic carboxylic acids is 1. The number of hydrogen-bond acceptors (Lipinski definition) is 5. The van der Waals surface area contributed by atoms with Crippen molar-refractivity contribution < 1.29 is 32.3 Å². The second kappa shape index (κ2) is 9.18. The van der Waals surface area contributed by atoms with Crippen molar-refractivity contribution in [3.05, 3.63) is 75.3 Å². The summed E-state index contributed by atoms with van der Waals surface area (Å²) < 4.78 is 55.0. The molecule has 0 atom stereocenters. The van der Waals surface area contributed by atoms with E-state index in [0.29, 0.717) is 31.7 Å². The highest BCUT2D eigenvalue weighted by Gasteiger charge is 2.31. The summed E-state index contributed by atoms with van der Waals surface area (Å²) in [6.45, 7) is 1.29. The second-order valence-electron chi connectivity index (χ2n) is 9.13. The minimum absolute atomic E-state index is 0.00971. The highest BCUT2D eigenvalue weighted by Crippen LogP contribution is 2.38. The molecule has 3 aromatic rings. The lowest BCUT2D eigenvalue weighted by molar-refractivity contribution is -0.137. The molecular formula is C25H22F4N4O4. The monoisotopic (exact) mass is 518 g/mol. The van der Waals surface area contributed by atoms with Gasteiger partial charge in [-0.25, -0.2) is 14.2 Å². The van der Waals surface area contributed by atoms with Crippen LogP contribution in [0.15, 0.2) is 47.4 Å². The average molecular weight is 518 g/mol. The van der Waals surface area contributed by atoms with E-state index < -0.39 is 40.4 Å². The number of carboxylic acids is 1. The molecule has 2 heterocycles. The number of hydrazine groups is 1. The maximum Gasteiger partial charge on any atom is 0.416 e. The number of carbonyl (C=O) groups excluding carboxylic acids is 1. The summed E-state index contributed by atoms with van der Waals surface area (Å²) in [4.78, 5) is 38.4. The smallest absolute Gasteiger partial charge is 0.416 e. The summed E-state index contributed by atoms with van der Waals surface area (Å²) in [5.41, 5.74) is 1.48. The number of amides is 1. The Morgan fingerprint density at radius 2 is 1.65 bits per heavy atom. The molecule has 1 amide bonds. The standard InChI is InChI=1S/C25H22F4N4O4/c26-19-11-17-20(33(16-5-6-16)13-18(22(17)34)24(36)37)12-21(19)31-7-9-32(10-8-31)30-23(35)14-1-3-15(4-2-14)25(27,28)29/h1-4,11-13,16H,5-10H2,(H,30,35)(H,36,37). The van der Waals surface area contributed by atoms with E-state index in [0.717, 1.165) is 43.2 Å². The van der Waals surface area contributed by atoms with Crippen molar-refractivity contribution in [1.29, 1.82) is 0 Å². The van der Waals surface area contributed by atoms with Gasteiger partial charge in [0.1, 0.15) is 11.4 Å². The predicted molar refractivity (Wildman–Crippen MR) is 126 cm³/mol. The first kappa shape index (κ1) is 24.8. The molecule has 12 heteroatoms. The van der Waals surface area contributed by atoms with Crippen molar-refractivity contribution in [2.45, 2.75) is 25.1 Å². The first-order valence-corrected chi connectivity index (χ1v) is 11.6. The molecule has 0 unspecified atom stereocenters. The van der Waals surface area contributed by atoms with Crippen LogP contribution >= 0.6 is 0 Å². The van der Waals surface area contributed by atoms with Gasteiger partial charge in [0.15, 0.2) is 0 Å². The van der Waals surface area contributed by atoms with Crippen LogP contribution < -0.4 is 15.8 Å². The lowest BCUT2D eigenvalue weighted by atomic mass is 10.1. The Labute approximate surface area is 207 Å². The number of fused-ring (bicyclic) bond motifs is 1. The molecule has 1 saturated carbocycles. The number of carboxylic acid groups (broad SMARTS) is 1. The molecule has 8 nitrogen and oxygen atoms in total. The van der Waals surface area contributed by atoms with Crippen LogP contribution in [-0.4, -0.2) is 52.7 Å². The number of piperazine rings is 1. The zero-order valence-corrected chi connectivity index (χ0v) is 19.4. The molecule has 37 heavy (non-hydrogen) atoms. The van der Waals surface area contributed by atoms with Crippen molar-refractivity contribution in [2.75, 3.05) is 31.1 Å². The molecule has 2 N–H and O–H groups in total. The summed E-state index contributed by atoms with van der Waals surface area (Å²) in [6, 6.07) is 6.59. The number of nitrogens with zero attached hydrogens (tertiary/aromatic N) is 3. The van der Waals surface area contributed by atoms with Gasteiger partial charge in [-0.1, -0.05) is 0 Å². The molecular weight excluding hydrogens is 496 g/mol. The van der Waals surface area contributed by atoms with Crippen LogP contribution in [0.25, 0.3) is 10.9 Å². The van der Waals surface area contributed by atoms with E-state index in [-0.39, 0.29) is 22.7 Å². The lowest BCUT2D eigenvalue weighted by Crippen LogP contribution is -2.53. The molecule has 2 aromatic carbocycles. The van der Waals surface area contributed by atoms with Crippen molar-refractivity contribution in [3.8, 4) is 0 Å². The molecule has 1 aliphatic carbocycles. The maximum absolute atomic E-state index is 15.1. The van der Waals surface area contributed by atoms with Crippen molar-refractivity contribution >= 4 is 28.5 Å². The van der Waals surface area contributed by atoms with E-state index in [2.05, 4.69) is 5.43 Å². The third-order valence-corrected chi connectivity index (χ3v) is 6.63. The van der Waals surface area contributed by atoms with Crippen molar-refractivity contribution in [1.82, 2.24) is 15.0 Å². The molecule has 0 radical (unpaired) electrons. The number of pyridine rings is 1. The Morgan fingerprint density at radius 1 is 1.00 bits per heavy atom. The molecule has 1 saturated heterocycles. The normalized spacial score (nSPS) is 16.7. The quantitative estimate of drug-likeness (QED) is 0.501. The van der Waals surface area contributed by atoms with E-state index in [9.17, 15) is 32.7 Å². The SMILES string of the molecule is O=C(NN1CCN(c2cc3c(cc2F)c(=O)c(C(=O)O)cn3C2CC2)CC1)c1ccc(C(F)(F)F)cc1. The molecule has 0 bridgehead atoms. The number of hydrogen-bond donors (Lipinski definition) is 2. The van der Waals surface area contributed by atoms with Crippen LogP contribution in [0.2, 0.25) is 0 Å². The van der Waals surface area contributed by atoms with Gasteiger partial charge in [0, 0.05) is 49.4 Å². The first-order valence-electron chi connectivity index (χ1n) is 11.6. The highest BCUT2D eigenvalue weighted by molar-refractivity contribution is 5.94. The Hall–Kier alpha value is -3.93. The van der Waals surface area contributed by atoms with Gasteiger partial charge in [-0.05, 0) is 49.2 Å². The number of benzene rings is 2. The van der Waals surface area contributed by atoms with Gasteiger partial charge in [-0.15, -0.1) is 0 Å². The number of carbonyl (C=O) groups is 2. The van der Waals surface area contributed by atoms with Crippen LogP contribution in [0.3, 0.4) is 0 Å². The third-order valence-electron chi connectivity index (χ3n) is 6.63. The molecule has 2 fully saturated rings. The number of anilines is 1. The fraction of sp³-hybridized carbons (Fsp3) is 0.320. The van der Waals surface area contributed by atoms with Gasteiger partial charge in [0.25, 0.3) is 5.91 Å². The zero-order chi connectivity index (χ0) is 26.5. The number of aromatic nitrogens is 1. The van der Waals surface area contributed by atoms with Gasteiger partial charge in [0.05, 0.1) is 16.8 Å². The minimum atomic E-state index is -4.49.